The average molecular weight is 601 g/mol. The van der Waals surface area contributed by atoms with Crippen molar-refractivity contribution >= 4 is 28.0 Å². The molecule has 0 saturated heterocycles. The molecule has 0 saturated carbocycles. The molecule has 0 unspecified atom stereocenters. The van der Waals surface area contributed by atoms with Gasteiger partial charge in [-0.25, -0.2) is 0 Å². The van der Waals surface area contributed by atoms with Gasteiger partial charge in [-0.05, 0) is 0 Å². The zero-order chi connectivity index (χ0) is 11.3. The summed E-state index contributed by atoms with van der Waals surface area (Å²) in [6.45, 7) is 2.88. The van der Waals surface area contributed by atoms with E-state index in [0.717, 1.165) is 0 Å². The first kappa shape index (κ1) is 13.6. The van der Waals surface area contributed by atoms with E-state index in [2.05, 4.69) is 0 Å². The van der Waals surface area contributed by atoms with Crippen LogP contribution in [0.15, 0.2) is 12.1 Å². The summed E-state index contributed by atoms with van der Waals surface area (Å²) in [6, 6.07) is 4.02. The van der Waals surface area contributed by atoms with E-state index in [0.29, 0.717) is 0 Å². The summed E-state index contributed by atoms with van der Waals surface area (Å²) in [4.78, 5) is 21.2. The van der Waals surface area contributed by atoms with Gasteiger partial charge >= 0.3 is 119 Å². The molecule has 74 valence electrons. The van der Waals surface area contributed by atoms with Crippen molar-refractivity contribution in [3.05, 3.63) is 12.1 Å². The summed E-state index contributed by atoms with van der Waals surface area (Å²) in [7, 11) is 0. The van der Waals surface area contributed by atoms with E-state index < -0.39 is 50.1 Å². The maximum absolute atomic E-state index is 10.6. The fourth-order valence-corrected chi connectivity index (χ4v) is 22.0. The van der Waals surface area contributed by atoms with E-state index in [-0.39, 0.29) is 11.9 Å². The molecule has 0 bridgehead atoms. The number of carbonyl (C=O) groups is 2. The fourth-order valence-electron chi connectivity index (χ4n) is 0.923. The summed E-state index contributed by atoms with van der Waals surface area (Å²) < 4.78 is 12.6. The summed E-state index contributed by atoms with van der Waals surface area (Å²) in [5.74, 6) is -0.368. The van der Waals surface area contributed by atoms with Crippen LogP contribution in [0.5, 0.6) is 0 Å². The Hall–Kier alpha value is 0.510. The zero-order valence-electron chi connectivity index (χ0n) is 8.61. The van der Waals surface area contributed by atoms with Crippen LogP contribution in [-0.2, 0) is 64.9 Å². The predicted octanol–water partition coefficient (Wildman–Crippen LogP) is 0.120. The maximum atomic E-state index is 10.6. The van der Waals surface area contributed by atoms with Crippen molar-refractivity contribution in [1.29, 1.82) is 0 Å². The van der Waals surface area contributed by atoms with Crippen LogP contribution in [0.4, 0.5) is 0 Å². The molecule has 15 heavy (non-hydrogen) atoms. The average Bonchev–Trinajstić information content (AvgIpc) is 2.59. The van der Waals surface area contributed by atoms with E-state index in [9.17, 15) is 9.59 Å². The standard InChI is InChI=1S/C4H2S.2C2H4O2.2Hg/c1-2-4-5-3-1;2*1-2(3)4;;/h1-2H;2*1H3,(H,3,4);;/q;;;2*+1/p-2. The molecule has 0 atom stereocenters. The first-order valence-corrected chi connectivity index (χ1v) is 15.2. The van der Waals surface area contributed by atoms with E-state index in [1.165, 1.54) is 18.6 Å². The van der Waals surface area contributed by atoms with E-state index in [4.69, 9.17) is 5.29 Å². The molecule has 0 aromatic carbocycles. The topological polar surface area (TPSA) is 52.6 Å². The van der Waals surface area contributed by atoms with Crippen molar-refractivity contribution in [3.63, 3.8) is 0 Å². The fraction of sp³-hybridized carbons (Fsp3) is 0.250. The molecule has 0 radical (unpaired) electrons. The Morgan fingerprint density at radius 3 is 1.80 bits per heavy atom. The summed E-state index contributed by atoms with van der Waals surface area (Å²) in [5.41, 5.74) is 0. The summed E-state index contributed by atoms with van der Waals surface area (Å²) in [6.07, 6.45) is 0. The van der Waals surface area contributed by atoms with E-state index in [1.54, 1.807) is 11.3 Å². The van der Waals surface area contributed by atoms with Crippen molar-refractivity contribution < 1.29 is 64.9 Å². The molecular formula is C8H8Hg2O4S. The minimum absolute atomic E-state index is 0.184. The molecule has 0 amide bonds. The van der Waals surface area contributed by atoms with Gasteiger partial charge in [-0.15, -0.1) is 0 Å². The van der Waals surface area contributed by atoms with Crippen molar-refractivity contribution in [3.8, 4) is 0 Å². The number of hydrogen-bond donors (Lipinski definition) is 0. The van der Waals surface area contributed by atoms with Crippen molar-refractivity contribution in [2.45, 2.75) is 13.8 Å². The van der Waals surface area contributed by atoms with Gasteiger partial charge in [0.05, 0.1) is 0 Å². The number of thiophene rings is 1. The number of rotatable bonds is 4. The van der Waals surface area contributed by atoms with Gasteiger partial charge in [0.25, 0.3) is 0 Å². The van der Waals surface area contributed by atoms with Crippen molar-refractivity contribution in [1.82, 2.24) is 0 Å². The Balaban J connectivity index is 2.41. The Morgan fingerprint density at radius 1 is 1.07 bits per heavy atom. The molecule has 1 rings (SSSR count). The van der Waals surface area contributed by atoms with Gasteiger partial charge in [-0.2, -0.15) is 0 Å². The first-order chi connectivity index (χ1) is 7.08. The van der Waals surface area contributed by atoms with Crippen LogP contribution in [0.25, 0.3) is 0 Å². The second-order valence-electron chi connectivity index (χ2n) is 2.93. The van der Waals surface area contributed by atoms with Crippen LogP contribution < -0.4 is 4.77 Å². The Bertz CT molecular complexity index is 331. The monoisotopic (exact) mass is 604 g/mol. The third-order valence-electron chi connectivity index (χ3n) is 1.55. The molecule has 4 nitrogen and oxygen atoms in total. The molecule has 7 heteroatoms. The van der Waals surface area contributed by atoms with Crippen molar-refractivity contribution in [2.75, 3.05) is 0 Å². The first-order valence-electron chi connectivity index (χ1n) is 4.42. The van der Waals surface area contributed by atoms with Crippen LogP contribution in [0.1, 0.15) is 13.8 Å². The zero-order valence-corrected chi connectivity index (χ0v) is 20.4. The molecular weight excluding hydrogens is 593 g/mol. The van der Waals surface area contributed by atoms with Gasteiger partial charge in [0, 0.05) is 0 Å². The molecule has 1 heterocycles. The molecule has 1 aromatic rings. The quantitative estimate of drug-likeness (QED) is 0.461. The third-order valence-corrected chi connectivity index (χ3v) is 16.1. The van der Waals surface area contributed by atoms with Gasteiger partial charge in [-0.1, -0.05) is 0 Å². The van der Waals surface area contributed by atoms with Gasteiger partial charge < -0.3 is 0 Å². The molecule has 0 fully saturated rings. The van der Waals surface area contributed by atoms with E-state index >= 15 is 0 Å². The third kappa shape index (κ3) is 5.97. The summed E-state index contributed by atoms with van der Waals surface area (Å²) in [5, 5.41) is 0. The van der Waals surface area contributed by atoms with Gasteiger partial charge in [0.15, 0.2) is 0 Å². The van der Waals surface area contributed by atoms with Gasteiger partial charge in [0.2, 0.25) is 0 Å². The van der Waals surface area contributed by atoms with E-state index in [1.807, 2.05) is 12.1 Å². The minimum atomic E-state index is -1.64. The summed E-state index contributed by atoms with van der Waals surface area (Å²) >= 11 is -1.63. The SMILES string of the molecule is CC(=O)[O][Hg][c]1cc[c]([Hg][O]C(C)=O)s1. The predicted molar refractivity (Wildman–Crippen MR) is 47.1 cm³/mol. The second kappa shape index (κ2) is 6.96. The Morgan fingerprint density at radius 2 is 1.47 bits per heavy atom. The Kier molecular flexibility index (Phi) is 6.30. The Labute approximate surface area is 118 Å². The molecule has 0 N–H and O–H groups in total. The number of carbonyl (C=O) groups excluding carboxylic acids is 2. The van der Waals surface area contributed by atoms with Crippen LogP contribution in [-0.4, -0.2) is 11.9 Å². The van der Waals surface area contributed by atoms with Gasteiger partial charge in [0.1, 0.15) is 0 Å². The van der Waals surface area contributed by atoms with Crippen LogP contribution in [0, 0.1) is 0 Å². The van der Waals surface area contributed by atoms with Crippen LogP contribution >= 0.6 is 11.3 Å². The van der Waals surface area contributed by atoms with Crippen LogP contribution in [0.3, 0.4) is 0 Å². The molecule has 0 spiro atoms. The second-order valence-corrected chi connectivity index (χ2v) is 18.6. The van der Waals surface area contributed by atoms with Crippen LogP contribution in [0.2, 0.25) is 0 Å². The molecule has 0 aliphatic heterocycles. The molecule has 0 aliphatic carbocycles. The normalized spacial score (nSPS) is 8.67. The van der Waals surface area contributed by atoms with Crippen molar-refractivity contribution in [2.24, 2.45) is 0 Å². The number of hydrogen-bond acceptors (Lipinski definition) is 5. The molecule has 0 aliphatic rings. The molecule has 1 aromatic heterocycles. The van der Waals surface area contributed by atoms with Gasteiger partial charge in [-0.3, -0.25) is 0 Å².